The molecule has 7 nitrogen and oxygen atoms in total. The Labute approximate surface area is 152 Å². The van der Waals surface area contributed by atoms with Gasteiger partial charge in [0.15, 0.2) is 0 Å². The molecule has 1 N–H and O–H groups in total. The Morgan fingerprint density at radius 1 is 1.75 bits per heavy atom. The highest BCUT2D eigenvalue weighted by Gasteiger charge is 2.33. The highest BCUT2D eigenvalue weighted by Crippen LogP contribution is 2.29. The number of amides is 1. The van der Waals surface area contributed by atoms with Crippen LogP contribution in [0.2, 0.25) is 0 Å². The molecular formula is C17H22N6O. The fourth-order valence-electron chi connectivity index (χ4n) is 2.79. The van der Waals surface area contributed by atoms with Crippen molar-refractivity contribution >= 4 is 22.8 Å². The summed E-state index contributed by atoms with van der Waals surface area (Å²) >= 11 is 0. The van der Waals surface area contributed by atoms with Crippen molar-refractivity contribution in [1.82, 2.24) is 19.9 Å². The van der Waals surface area contributed by atoms with Gasteiger partial charge in [-0.25, -0.2) is 16.5 Å². The number of likely N-dealkylation sites (tertiary alicyclic amines) is 1. The molecule has 0 aromatic carbocycles. The monoisotopic (exact) mass is 334 g/mol. The number of anilines is 1. The van der Waals surface area contributed by atoms with Gasteiger partial charge < -0.3 is 19.6 Å². The van der Waals surface area contributed by atoms with Crippen molar-refractivity contribution in [2.24, 2.45) is 5.92 Å². The summed E-state index contributed by atoms with van der Waals surface area (Å²) in [4.78, 5) is 28.4. The van der Waals surface area contributed by atoms with Crippen LogP contribution in [-0.4, -0.2) is 58.4 Å². The van der Waals surface area contributed by atoms with Crippen LogP contribution in [0.4, 0.5) is 5.82 Å². The number of hydrogen-bond acceptors (Lipinski definition) is 4. The van der Waals surface area contributed by atoms with Crippen LogP contribution in [0.1, 0.15) is 29.9 Å². The second kappa shape index (κ2) is 6.48. The van der Waals surface area contributed by atoms with Gasteiger partial charge in [-0.05, 0) is 25.3 Å². The first kappa shape index (κ1) is 9.02. The van der Waals surface area contributed by atoms with Crippen molar-refractivity contribution in [3.8, 4) is 0 Å². The Morgan fingerprint density at radius 2 is 2.58 bits per heavy atom. The SMILES string of the molecule is [2H]c1nc(N(C)[C@@]2([2H])CN(C(=O)C([2H])([2H])[N+]#[C-])CC[C@H]2C([2H])([2H])[2H])c2c([2H])c(C)[nH]c2n1. The molecule has 2 aromatic rings. The van der Waals surface area contributed by atoms with Crippen LogP contribution in [-0.2, 0) is 4.79 Å². The van der Waals surface area contributed by atoms with E-state index in [4.69, 9.17) is 17.5 Å². The van der Waals surface area contributed by atoms with Gasteiger partial charge in [-0.15, -0.1) is 0 Å². The maximum Gasteiger partial charge on any atom is 0.302 e. The lowest BCUT2D eigenvalue weighted by molar-refractivity contribution is -0.130. The number of nitrogens with zero attached hydrogens (tertiary/aromatic N) is 5. The number of fused-ring (bicyclic) bond motifs is 1. The largest absolute Gasteiger partial charge is 0.354 e. The highest BCUT2D eigenvalue weighted by molar-refractivity contribution is 5.88. The average Bonchev–Trinajstić information content (AvgIpc) is 2.98. The molecule has 1 fully saturated rings. The van der Waals surface area contributed by atoms with Gasteiger partial charge in [-0.3, -0.25) is 4.79 Å². The van der Waals surface area contributed by atoms with Crippen molar-refractivity contribution in [1.29, 1.82) is 0 Å². The Morgan fingerprint density at radius 3 is 3.33 bits per heavy atom. The normalized spacial score (nSPS) is 29.9. The Balaban J connectivity index is 2.15. The van der Waals surface area contributed by atoms with E-state index in [1.165, 1.54) is 11.9 Å². The van der Waals surface area contributed by atoms with Gasteiger partial charge in [0.25, 0.3) is 6.50 Å². The lowest BCUT2D eigenvalue weighted by Gasteiger charge is -2.41. The van der Waals surface area contributed by atoms with Crippen molar-refractivity contribution < 1.29 is 15.8 Å². The standard InChI is InChI=1S/C17H22N6O/c1-11-5-6-23(15(24)8-18-3)9-14(11)22(4)17-13-7-12(2)21-16(13)19-10-20-17/h7,10-11,14H,5-6,8-9H2,1-2,4H3,(H,19,20,21)/t11-,14+/m1/s1/i1D3,7D,8D2,10D,14D. The van der Waals surface area contributed by atoms with Crippen LogP contribution in [0.15, 0.2) is 12.3 Å². The minimum absolute atomic E-state index is 0.0129. The third kappa shape index (κ3) is 2.92. The molecule has 3 rings (SSSR count). The molecule has 126 valence electrons. The lowest BCUT2D eigenvalue weighted by atomic mass is 9.92. The third-order valence-electron chi connectivity index (χ3n) is 4.03. The molecule has 0 radical (unpaired) electrons. The number of H-pyrrole nitrogens is 1. The molecule has 2 aromatic heterocycles. The number of nitrogens with one attached hydrogen (secondary N) is 1. The lowest BCUT2D eigenvalue weighted by Crippen LogP contribution is -2.53. The zero-order chi connectivity index (χ0) is 24.2. The van der Waals surface area contributed by atoms with Crippen molar-refractivity contribution in [2.75, 3.05) is 31.5 Å². The fraction of sp³-hybridized carbons (Fsp3) is 0.529. The number of aromatic amines is 1. The maximum atomic E-state index is 12.6. The molecule has 1 aliphatic heterocycles. The number of carbonyl (C=O) groups is 1. The topological polar surface area (TPSA) is 69.5 Å². The Bertz CT molecular complexity index is 1110. The van der Waals surface area contributed by atoms with E-state index < -0.39 is 44.0 Å². The van der Waals surface area contributed by atoms with E-state index in [1.54, 1.807) is 6.92 Å². The molecular weight excluding hydrogens is 304 g/mol. The summed E-state index contributed by atoms with van der Waals surface area (Å²) in [5.41, 5.74) is 0.642. The maximum absolute atomic E-state index is 12.6. The minimum atomic E-state index is -2.84. The molecule has 1 aliphatic rings. The van der Waals surface area contributed by atoms with Crippen LogP contribution in [0.5, 0.6) is 0 Å². The van der Waals surface area contributed by atoms with E-state index in [0.29, 0.717) is 5.69 Å². The van der Waals surface area contributed by atoms with E-state index in [9.17, 15) is 4.79 Å². The molecule has 1 amide bonds. The summed E-state index contributed by atoms with van der Waals surface area (Å²) < 4.78 is 64.5. The molecule has 0 bridgehead atoms. The summed E-state index contributed by atoms with van der Waals surface area (Å²) in [7, 11) is 1.40. The second-order valence-electron chi connectivity index (χ2n) is 5.59. The van der Waals surface area contributed by atoms with E-state index in [0.717, 1.165) is 4.90 Å². The first-order valence-corrected chi connectivity index (χ1v) is 7.39. The molecule has 7 heteroatoms. The predicted octanol–water partition coefficient (Wildman–Crippen LogP) is 1.86. The summed E-state index contributed by atoms with van der Waals surface area (Å²) in [5.74, 6) is -2.41. The van der Waals surface area contributed by atoms with Crippen LogP contribution in [0, 0.1) is 19.4 Å². The average molecular weight is 334 g/mol. The zero-order valence-corrected chi connectivity index (χ0v) is 13.3. The van der Waals surface area contributed by atoms with Gasteiger partial charge in [-0.2, -0.15) is 0 Å². The Hall–Kier alpha value is -2.62. The van der Waals surface area contributed by atoms with Crippen molar-refractivity contribution in [3.63, 3.8) is 0 Å². The number of aromatic nitrogens is 3. The van der Waals surface area contributed by atoms with Gasteiger partial charge in [0.2, 0.25) is 0 Å². The van der Waals surface area contributed by atoms with Crippen LogP contribution >= 0.6 is 0 Å². The van der Waals surface area contributed by atoms with Gasteiger partial charge in [0, 0.05) is 29.9 Å². The first-order valence-electron chi connectivity index (χ1n) is 11.4. The zero-order valence-electron chi connectivity index (χ0n) is 21.3. The summed E-state index contributed by atoms with van der Waals surface area (Å²) in [6, 6.07) is -1.98. The van der Waals surface area contributed by atoms with Gasteiger partial charge in [0.1, 0.15) is 21.9 Å². The summed E-state index contributed by atoms with van der Waals surface area (Å²) in [6.07, 6.45) is -0.533. The molecule has 24 heavy (non-hydrogen) atoms. The van der Waals surface area contributed by atoms with Gasteiger partial charge >= 0.3 is 5.91 Å². The number of likely N-dealkylation sites (N-methyl/N-ethyl adjacent to an activating group) is 1. The van der Waals surface area contributed by atoms with Crippen LogP contribution < -0.4 is 4.90 Å². The fourth-order valence-corrected chi connectivity index (χ4v) is 2.79. The number of piperidine rings is 1. The number of hydrogen-bond donors (Lipinski definition) is 1. The molecule has 0 saturated carbocycles. The summed E-state index contributed by atoms with van der Waals surface area (Å²) in [5, 5.41) is 0.205. The van der Waals surface area contributed by atoms with E-state index >= 15 is 0 Å². The van der Waals surface area contributed by atoms with E-state index in [1.807, 2.05) is 0 Å². The number of carbonyl (C=O) groups excluding carboxylic acids is 1. The van der Waals surface area contributed by atoms with Crippen molar-refractivity contribution in [2.45, 2.75) is 26.2 Å². The molecule has 3 heterocycles. The third-order valence-corrected chi connectivity index (χ3v) is 4.03. The summed E-state index contributed by atoms with van der Waals surface area (Å²) in [6.45, 7) is 2.52. The number of aryl methyl sites for hydroxylation is 1. The van der Waals surface area contributed by atoms with Crippen molar-refractivity contribution in [3.05, 3.63) is 29.5 Å². The smallest absolute Gasteiger partial charge is 0.302 e. The number of rotatable bonds is 3. The predicted molar refractivity (Wildman–Crippen MR) is 92.6 cm³/mol. The van der Waals surface area contributed by atoms with Gasteiger partial charge in [0.05, 0.1) is 14.1 Å². The minimum Gasteiger partial charge on any atom is -0.354 e. The van der Waals surface area contributed by atoms with Crippen LogP contribution in [0.25, 0.3) is 15.9 Å². The van der Waals surface area contributed by atoms with Crippen LogP contribution in [0.3, 0.4) is 0 Å². The Kier molecular flexibility index (Phi) is 2.43. The second-order valence-corrected chi connectivity index (χ2v) is 5.59. The highest BCUT2D eigenvalue weighted by atomic mass is 16.2. The molecule has 0 spiro atoms. The molecule has 2 atom stereocenters. The van der Waals surface area contributed by atoms with Gasteiger partial charge in [-0.1, -0.05) is 6.85 Å². The van der Waals surface area contributed by atoms with E-state index in [2.05, 4.69) is 19.8 Å². The molecule has 0 aliphatic carbocycles. The molecule has 0 unspecified atom stereocenters. The molecule has 1 saturated heterocycles. The quantitative estimate of drug-likeness (QED) is 0.870. The van der Waals surface area contributed by atoms with E-state index in [-0.39, 0.29) is 35.9 Å². The first-order chi connectivity index (χ1) is 14.6.